The predicted molar refractivity (Wildman–Crippen MR) is 82.5 cm³/mol. The lowest BCUT2D eigenvalue weighted by molar-refractivity contribution is -0.113. The number of carbonyl (C=O) groups excluding carboxylic acids is 1. The van der Waals surface area contributed by atoms with Crippen LogP contribution < -0.4 is 11.2 Å². The molecule has 8 heteroatoms. The number of nitrogens with two attached hydrogens (primary N) is 1. The van der Waals surface area contributed by atoms with E-state index in [2.05, 4.69) is 15.5 Å². The minimum Gasteiger partial charge on any atom is -0.336 e. The van der Waals surface area contributed by atoms with E-state index in [1.807, 2.05) is 30.5 Å². The average molecular weight is 309 g/mol. The number of rotatable bonds is 5. The number of aromatic nitrogens is 3. The van der Waals surface area contributed by atoms with Gasteiger partial charge >= 0.3 is 0 Å². The molecule has 1 aromatic heterocycles. The first-order valence-electron chi connectivity index (χ1n) is 5.84. The van der Waals surface area contributed by atoms with Crippen molar-refractivity contribution in [3.63, 3.8) is 0 Å². The molecule has 0 aliphatic carbocycles. The fourth-order valence-electron chi connectivity index (χ4n) is 1.48. The lowest BCUT2D eigenvalue weighted by atomic mass is 10.3. The fraction of sp³-hybridized carbons (Fsp3) is 0.250. The third-order valence-corrected chi connectivity index (χ3v) is 4.19. The third-order valence-electron chi connectivity index (χ3n) is 2.52. The maximum Gasteiger partial charge on any atom is 0.234 e. The lowest BCUT2D eigenvalue weighted by Gasteiger charge is -2.06. The summed E-state index contributed by atoms with van der Waals surface area (Å²) < 4.78 is 1.37. The summed E-state index contributed by atoms with van der Waals surface area (Å²) in [4.78, 5) is 13.0. The van der Waals surface area contributed by atoms with Gasteiger partial charge in [0.1, 0.15) is 5.82 Å². The Morgan fingerprint density at radius 3 is 2.90 bits per heavy atom. The van der Waals surface area contributed by atoms with Crippen LogP contribution in [-0.4, -0.2) is 32.8 Å². The number of amides is 1. The Labute approximate surface area is 125 Å². The SMILES string of the molecule is CSc1cccc(NC(=O)CSc2nnc(C)n2N)c1. The van der Waals surface area contributed by atoms with Crippen molar-refractivity contribution in [3.8, 4) is 0 Å². The van der Waals surface area contributed by atoms with Crippen LogP contribution >= 0.6 is 23.5 Å². The van der Waals surface area contributed by atoms with E-state index in [9.17, 15) is 4.79 Å². The highest BCUT2D eigenvalue weighted by Gasteiger charge is 2.10. The smallest absolute Gasteiger partial charge is 0.234 e. The molecule has 0 fully saturated rings. The summed E-state index contributed by atoms with van der Waals surface area (Å²) in [5.74, 6) is 6.46. The molecule has 106 valence electrons. The molecule has 0 saturated carbocycles. The Kier molecular flexibility index (Phi) is 4.91. The van der Waals surface area contributed by atoms with Gasteiger partial charge in [0, 0.05) is 10.6 Å². The molecule has 1 heterocycles. The van der Waals surface area contributed by atoms with E-state index in [1.165, 1.54) is 16.4 Å². The molecule has 0 saturated heterocycles. The van der Waals surface area contributed by atoms with Crippen molar-refractivity contribution in [2.75, 3.05) is 23.2 Å². The molecule has 2 rings (SSSR count). The van der Waals surface area contributed by atoms with E-state index in [0.29, 0.717) is 11.0 Å². The van der Waals surface area contributed by atoms with Crippen LogP contribution in [0.4, 0.5) is 5.69 Å². The minimum absolute atomic E-state index is 0.103. The van der Waals surface area contributed by atoms with E-state index < -0.39 is 0 Å². The Balaban J connectivity index is 1.90. The number of thioether (sulfide) groups is 2. The maximum absolute atomic E-state index is 11.9. The zero-order valence-electron chi connectivity index (χ0n) is 11.2. The molecule has 1 amide bonds. The van der Waals surface area contributed by atoms with E-state index in [4.69, 9.17) is 5.84 Å². The summed E-state index contributed by atoms with van der Waals surface area (Å²) in [5, 5.41) is 11.1. The molecule has 1 aromatic carbocycles. The van der Waals surface area contributed by atoms with Gasteiger partial charge < -0.3 is 11.2 Å². The summed E-state index contributed by atoms with van der Waals surface area (Å²) in [7, 11) is 0. The monoisotopic (exact) mass is 309 g/mol. The van der Waals surface area contributed by atoms with Crippen LogP contribution in [-0.2, 0) is 4.79 Å². The summed E-state index contributed by atoms with van der Waals surface area (Å²) >= 11 is 2.88. The molecule has 2 aromatic rings. The molecule has 0 atom stereocenters. The van der Waals surface area contributed by atoms with Crippen LogP contribution in [0, 0.1) is 6.92 Å². The zero-order valence-corrected chi connectivity index (χ0v) is 12.8. The molecule has 6 nitrogen and oxygen atoms in total. The first kappa shape index (κ1) is 14.7. The number of nitrogens with one attached hydrogen (secondary N) is 1. The van der Waals surface area contributed by atoms with E-state index in [1.54, 1.807) is 18.7 Å². The highest BCUT2D eigenvalue weighted by atomic mass is 32.2. The normalized spacial score (nSPS) is 10.5. The van der Waals surface area contributed by atoms with Gasteiger partial charge in [0.05, 0.1) is 5.75 Å². The molecule has 0 bridgehead atoms. The lowest BCUT2D eigenvalue weighted by Crippen LogP contribution is -2.16. The standard InChI is InChI=1S/C12H15N5OS2/c1-8-15-16-12(17(8)13)20-7-11(18)14-9-4-3-5-10(6-9)19-2/h3-6H,7,13H2,1-2H3,(H,14,18). The number of aryl methyl sites for hydroxylation is 1. The predicted octanol–water partition coefficient (Wildman–Crippen LogP) is 1.75. The molecule has 0 unspecified atom stereocenters. The highest BCUT2D eigenvalue weighted by molar-refractivity contribution is 7.99. The van der Waals surface area contributed by atoms with Crippen LogP contribution in [0.2, 0.25) is 0 Å². The molecule has 0 aliphatic heterocycles. The van der Waals surface area contributed by atoms with Crippen molar-refractivity contribution < 1.29 is 4.79 Å². The Bertz CT molecular complexity index is 614. The second kappa shape index (κ2) is 6.67. The second-order valence-corrected chi connectivity index (χ2v) is 5.79. The fourth-order valence-corrected chi connectivity index (χ4v) is 2.64. The summed E-state index contributed by atoms with van der Waals surface area (Å²) in [5.41, 5.74) is 0.785. The van der Waals surface area contributed by atoms with Gasteiger partial charge in [-0.1, -0.05) is 17.8 Å². The third kappa shape index (κ3) is 3.67. The Morgan fingerprint density at radius 2 is 2.25 bits per heavy atom. The summed E-state index contributed by atoms with van der Waals surface area (Å²) in [6.45, 7) is 1.76. The van der Waals surface area contributed by atoms with Crippen molar-refractivity contribution in [1.82, 2.24) is 14.9 Å². The van der Waals surface area contributed by atoms with Gasteiger partial charge in [-0.3, -0.25) is 4.79 Å². The van der Waals surface area contributed by atoms with Crippen molar-refractivity contribution in [2.24, 2.45) is 0 Å². The van der Waals surface area contributed by atoms with Crippen molar-refractivity contribution in [2.45, 2.75) is 17.0 Å². The first-order chi connectivity index (χ1) is 9.60. The Morgan fingerprint density at radius 1 is 1.45 bits per heavy atom. The van der Waals surface area contributed by atoms with Gasteiger partial charge in [-0.2, -0.15) is 0 Å². The van der Waals surface area contributed by atoms with Crippen molar-refractivity contribution in [3.05, 3.63) is 30.1 Å². The van der Waals surface area contributed by atoms with E-state index in [0.717, 1.165) is 10.6 Å². The van der Waals surface area contributed by atoms with Gasteiger partial charge in [0.2, 0.25) is 11.1 Å². The molecular formula is C12H15N5OS2. The molecule has 3 N–H and O–H groups in total. The van der Waals surface area contributed by atoms with Crippen molar-refractivity contribution >= 4 is 35.1 Å². The largest absolute Gasteiger partial charge is 0.336 e. The number of anilines is 1. The molecule has 0 spiro atoms. The topological polar surface area (TPSA) is 85.8 Å². The number of benzene rings is 1. The zero-order chi connectivity index (χ0) is 14.5. The van der Waals surface area contributed by atoms with Gasteiger partial charge in [0.25, 0.3) is 0 Å². The van der Waals surface area contributed by atoms with E-state index in [-0.39, 0.29) is 11.7 Å². The van der Waals surface area contributed by atoms with Crippen molar-refractivity contribution in [1.29, 1.82) is 0 Å². The minimum atomic E-state index is -0.103. The number of carbonyl (C=O) groups is 1. The van der Waals surface area contributed by atoms with Gasteiger partial charge in [-0.05, 0) is 31.4 Å². The quantitative estimate of drug-likeness (QED) is 0.646. The highest BCUT2D eigenvalue weighted by Crippen LogP contribution is 2.20. The summed E-state index contributed by atoms with van der Waals surface area (Å²) in [6, 6.07) is 7.70. The van der Waals surface area contributed by atoms with Crippen LogP contribution in [0.15, 0.2) is 34.3 Å². The van der Waals surface area contributed by atoms with Gasteiger partial charge in [0.15, 0.2) is 0 Å². The Hall–Kier alpha value is -1.67. The van der Waals surface area contributed by atoms with Crippen LogP contribution in [0.3, 0.4) is 0 Å². The van der Waals surface area contributed by atoms with Crippen LogP contribution in [0.25, 0.3) is 0 Å². The maximum atomic E-state index is 11.9. The molecule has 0 radical (unpaired) electrons. The summed E-state index contributed by atoms with van der Waals surface area (Å²) in [6.07, 6.45) is 1.99. The second-order valence-electron chi connectivity index (χ2n) is 3.97. The number of nitrogens with zero attached hydrogens (tertiary/aromatic N) is 3. The number of nitrogen functional groups attached to an aromatic ring is 1. The first-order valence-corrected chi connectivity index (χ1v) is 8.05. The van der Waals surface area contributed by atoms with Gasteiger partial charge in [-0.15, -0.1) is 22.0 Å². The molecule has 0 aliphatic rings. The van der Waals surface area contributed by atoms with E-state index >= 15 is 0 Å². The van der Waals surface area contributed by atoms with Gasteiger partial charge in [-0.25, -0.2) is 4.68 Å². The average Bonchev–Trinajstić information content (AvgIpc) is 2.77. The number of hydrogen-bond acceptors (Lipinski definition) is 6. The molecular weight excluding hydrogens is 294 g/mol. The molecule has 20 heavy (non-hydrogen) atoms. The van der Waals surface area contributed by atoms with Crippen LogP contribution in [0.5, 0.6) is 0 Å². The van der Waals surface area contributed by atoms with Crippen LogP contribution in [0.1, 0.15) is 5.82 Å². The number of hydrogen-bond donors (Lipinski definition) is 2.